The number of likely N-dealkylation sites (tertiary alicyclic amines) is 1. The summed E-state index contributed by atoms with van der Waals surface area (Å²) in [7, 11) is -4.05. The van der Waals surface area contributed by atoms with Gasteiger partial charge in [0.2, 0.25) is 11.8 Å². The number of nitrogens with one attached hydrogen (secondary N) is 2. The summed E-state index contributed by atoms with van der Waals surface area (Å²) in [5.41, 5.74) is -0.728. The quantitative estimate of drug-likeness (QED) is 0.304. The minimum atomic E-state index is -4.05. The Morgan fingerprint density at radius 1 is 0.857 bits per heavy atom. The Bertz CT molecular complexity index is 1200. The second kappa shape index (κ2) is 14.1. The van der Waals surface area contributed by atoms with Crippen molar-refractivity contribution in [3.8, 4) is 11.5 Å². The van der Waals surface area contributed by atoms with Crippen LogP contribution in [-0.4, -0.2) is 52.8 Å². The molecule has 3 amide bonds. The number of ether oxygens (including phenoxy) is 1. The molecule has 3 unspecified atom stereocenters. The number of rotatable bonds is 11. The SMILES string of the molecule is CC(C)C(NC(=O)OC(C)(C)C)C(=O)N1CCCC1C(=O)NC(C(C)C)P(=O)(Oc1ccccc1)Oc1ccccc1. The van der Waals surface area contributed by atoms with Gasteiger partial charge in [0.05, 0.1) is 0 Å². The van der Waals surface area contributed by atoms with Crippen LogP contribution in [0.5, 0.6) is 11.5 Å². The van der Waals surface area contributed by atoms with Crippen LogP contribution in [0.3, 0.4) is 0 Å². The lowest BCUT2D eigenvalue weighted by molar-refractivity contribution is -0.141. The fourth-order valence-electron chi connectivity index (χ4n) is 4.67. The van der Waals surface area contributed by atoms with E-state index in [1.54, 1.807) is 69.3 Å². The first-order valence-corrected chi connectivity index (χ1v) is 16.0. The molecule has 0 spiro atoms. The van der Waals surface area contributed by atoms with Gasteiger partial charge in [0.15, 0.2) is 5.78 Å². The predicted octanol–water partition coefficient (Wildman–Crippen LogP) is 5.98. The molecule has 2 aromatic carbocycles. The molecule has 0 aliphatic carbocycles. The molecule has 2 aromatic rings. The van der Waals surface area contributed by atoms with Crippen molar-refractivity contribution in [2.45, 2.75) is 84.8 Å². The molecule has 3 atom stereocenters. The van der Waals surface area contributed by atoms with Crippen LogP contribution in [0, 0.1) is 11.8 Å². The average Bonchev–Trinajstić information content (AvgIpc) is 3.40. The summed E-state index contributed by atoms with van der Waals surface area (Å²) in [4.78, 5) is 41.4. The number of amides is 3. The van der Waals surface area contributed by atoms with E-state index in [0.29, 0.717) is 30.9 Å². The van der Waals surface area contributed by atoms with E-state index >= 15 is 0 Å². The van der Waals surface area contributed by atoms with Crippen molar-refractivity contribution in [1.29, 1.82) is 0 Å². The maximum atomic E-state index is 14.5. The van der Waals surface area contributed by atoms with Gasteiger partial charge in [0, 0.05) is 6.54 Å². The largest absolute Gasteiger partial charge is 0.453 e. The highest BCUT2D eigenvalue weighted by Gasteiger charge is 2.46. The van der Waals surface area contributed by atoms with Crippen molar-refractivity contribution in [3.05, 3.63) is 60.7 Å². The number of alkyl carbamates (subject to hydrolysis) is 1. The van der Waals surface area contributed by atoms with Crippen LogP contribution >= 0.6 is 7.60 Å². The number of nitrogens with zero attached hydrogens (tertiary/aromatic N) is 1. The van der Waals surface area contributed by atoms with E-state index in [9.17, 15) is 18.9 Å². The number of hydrogen-bond donors (Lipinski definition) is 2. The fourth-order valence-corrected chi connectivity index (χ4v) is 6.78. The summed E-state index contributed by atoms with van der Waals surface area (Å²) in [6.07, 6.45) is 0.321. The smallest absolute Gasteiger partial charge is 0.444 e. The number of benzene rings is 2. The van der Waals surface area contributed by atoms with Crippen molar-refractivity contribution in [2.24, 2.45) is 11.8 Å². The summed E-state index contributed by atoms with van der Waals surface area (Å²) >= 11 is 0. The molecule has 1 aliphatic heterocycles. The Labute approximate surface area is 249 Å². The monoisotopic (exact) mass is 601 g/mol. The molecular formula is C31H44N3O7P. The number of hydrogen-bond acceptors (Lipinski definition) is 7. The van der Waals surface area contributed by atoms with Gasteiger partial charge in [0.25, 0.3) is 0 Å². The average molecular weight is 602 g/mol. The molecule has 0 radical (unpaired) electrons. The van der Waals surface area contributed by atoms with Crippen LogP contribution in [0.4, 0.5) is 4.79 Å². The molecule has 3 rings (SSSR count). The molecule has 1 saturated heterocycles. The van der Waals surface area contributed by atoms with Crippen LogP contribution in [0.1, 0.15) is 61.3 Å². The summed E-state index contributed by atoms with van der Waals surface area (Å²) in [5, 5.41) is 5.58. The third kappa shape index (κ3) is 8.99. The summed E-state index contributed by atoms with van der Waals surface area (Å²) in [5.74, 6) is -1.80. The van der Waals surface area contributed by atoms with Gasteiger partial charge < -0.3 is 29.3 Å². The molecule has 0 aromatic heterocycles. The molecule has 1 fully saturated rings. The first-order chi connectivity index (χ1) is 19.7. The van der Waals surface area contributed by atoms with Crippen LogP contribution in [0.15, 0.2) is 60.7 Å². The standard InChI is InChI=1S/C31H44N3O7P/c1-21(2)26(32-30(37)39-31(5,6)7)29(36)34-20-14-19-25(34)27(35)33-28(22(3)4)42(38,40-23-15-10-8-11-16-23)41-24-17-12-9-13-18-24/h8-13,15-18,21-22,25-26,28H,14,19-20H2,1-7H3,(H,32,37)(H,33,35). The first-order valence-electron chi connectivity index (χ1n) is 14.4. The van der Waals surface area contributed by atoms with Crippen molar-refractivity contribution >= 4 is 25.5 Å². The van der Waals surface area contributed by atoms with E-state index in [1.807, 2.05) is 39.8 Å². The second-order valence-corrected chi connectivity index (χ2v) is 14.1. The first kappa shape index (κ1) is 33.0. The van der Waals surface area contributed by atoms with Gasteiger partial charge in [0.1, 0.15) is 29.2 Å². The van der Waals surface area contributed by atoms with Crippen LogP contribution in [0.2, 0.25) is 0 Å². The Balaban J connectivity index is 1.84. The van der Waals surface area contributed by atoms with Crippen LogP contribution in [-0.2, 0) is 18.9 Å². The summed E-state index contributed by atoms with van der Waals surface area (Å²) in [6, 6.07) is 15.6. The molecule has 10 nitrogen and oxygen atoms in total. The zero-order valence-electron chi connectivity index (χ0n) is 25.5. The third-order valence-electron chi connectivity index (χ3n) is 6.66. The normalized spacial score (nSPS) is 17.0. The number of para-hydroxylation sites is 2. The highest BCUT2D eigenvalue weighted by atomic mass is 31.2. The fraction of sp³-hybridized carbons (Fsp3) is 0.516. The van der Waals surface area contributed by atoms with Crippen molar-refractivity contribution < 1.29 is 32.7 Å². The van der Waals surface area contributed by atoms with Crippen molar-refractivity contribution in [1.82, 2.24) is 15.5 Å². The zero-order valence-corrected chi connectivity index (χ0v) is 26.4. The van der Waals surface area contributed by atoms with E-state index in [0.717, 1.165) is 0 Å². The van der Waals surface area contributed by atoms with E-state index in [-0.39, 0.29) is 17.7 Å². The Kier molecular flexibility index (Phi) is 11.1. The van der Waals surface area contributed by atoms with E-state index in [1.165, 1.54) is 4.90 Å². The zero-order chi connectivity index (χ0) is 31.1. The van der Waals surface area contributed by atoms with Gasteiger partial charge in [-0.2, -0.15) is 0 Å². The molecule has 1 heterocycles. The molecule has 42 heavy (non-hydrogen) atoms. The van der Waals surface area contributed by atoms with E-state index in [2.05, 4.69) is 10.6 Å². The molecule has 0 saturated carbocycles. The lowest BCUT2D eigenvalue weighted by atomic mass is 10.0. The Morgan fingerprint density at radius 3 is 1.83 bits per heavy atom. The maximum absolute atomic E-state index is 14.5. The topological polar surface area (TPSA) is 123 Å². The lowest BCUT2D eigenvalue weighted by Crippen LogP contribution is -2.56. The highest BCUT2D eigenvalue weighted by molar-refractivity contribution is 7.55. The van der Waals surface area contributed by atoms with Gasteiger partial charge in [-0.15, -0.1) is 0 Å². The minimum absolute atomic E-state index is 0.253. The molecule has 11 heteroatoms. The van der Waals surface area contributed by atoms with Gasteiger partial charge >= 0.3 is 13.7 Å². The Hall–Kier alpha value is -3.52. The maximum Gasteiger partial charge on any atom is 0.453 e. The number of carbonyl (C=O) groups excluding carboxylic acids is 3. The molecule has 0 bridgehead atoms. The molecule has 1 aliphatic rings. The highest BCUT2D eigenvalue weighted by Crippen LogP contribution is 2.54. The summed E-state index contributed by atoms with van der Waals surface area (Å²) in [6.45, 7) is 12.8. The van der Waals surface area contributed by atoms with E-state index in [4.69, 9.17) is 13.8 Å². The van der Waals surface area contributed by atoms with Crippen LogP contribution in [0.25, 0.3) is 0 Å². The lowest BCUT2D eigenvalue weighted by Gasteiger charge is -2.34. The van der Waals surface area contributed by atoms with Gasteiger partial charge in [-0.25, -0.2) is 9.36 Å². The predicted molar refractivity (Wildman–Crippen MR) is 161 cm³/mol. The molecule has 2 N–H and O–H groups in total. The second-order valence-electron chi connectivity index (χ2n) is 12.1. The van der Waals surface area contributed by atoms with Gasteiger partial charge in [-0.3, -0.25) is 9.59 Å². The molecule has 230 valence electrons. The minimum Gasteiger partial charge on any atom is -0.444 e. The van der Waals surface area contributed by atoms with Crippen LogP contribution < -0.4 is 19.7 Å². The Morgan fingerprint density at radius 2 is 1.38 bits per heavy atom. The van der Waals surface area contributed by atoms with Gasteiger partial charge in [-0.1, -0.05) is 64.1 Å². The van der Waals surface area contributed by atoms with Gasteiger partial charge in [-0.05, 0) is 69.7 Å². The third-order valence-corrected chi connectivity index (χ3v) is 8.99. The number of carbonyl (C=O) groups is 3. The van der Waals surface area contributed by atoms with Crippen molar-refractivity contribution in [3.63, 3.8) is 0 Å². The molecular weight excluding hydrogens is 557 g/mol. The van der Waals surface area contributed by atoms with E-state index < -0.39 is 43.1 Å². The summed E-state index contributed by atoms with van der Waals surface area (Å²) < 4.78 is 31.8. The van der Waals surface area contributed by atoms with Crippen molar-refractivity contribution in [2.75, 3.05) is 6.54 Å².